The second kappa shape index (κ2) is 4.68. The van der Waals surface area contributed by atoms with Crippen molar-refractivity contribution in [3.8, 4) is 5.69 Å². The van der Waals surface area contributed by atoms with Gasteiger partial charge in [0.25, 0.3) is 0 Å². The fraction of sp³-hybridized carbons (Fsp3) is 0.200. The zero-order chi connectivity index (χ0) is 14.3. The number of aryl methyl sites for hydroxylation is 1. The Balaban J connectivity index is 2.31. The molecule has 3 rings (SSSR count). The standard InChI is InChI=1S/C15H15FN4/c1-9-7-15(11(10(2)17)8-12(9)16)20-14-6-4-3-5-13(14)18-19-20/h3-8,10H,17H2,1-2H3/t10-/m1/s1. The Kier molecular flexibility index (Phi) is 2.99. The van der Waals surface area contributed by atoms with E-state index in [1.807, 2.05) is 31.2 Å². The molecule has 0 saturated carbocycles. The number of benzene rings is 2. The minimum absolute atomic E-state index is 0.259. The minimum Gasteiger partial charge on any atom is -0.324 e. The third kappa shape index (κ3) is 1.96. The van der Waals surface area contributed by atoms with Gasteiger partial charge >= 0.3 is 0 Å². The number of fused-ring (bicyclic) bond motifs is 1. The van der Waals surface area contributed by atoms with Crippen molar-refractivity contribution >= 4 is 11.0 Å². The summed E-state index contributed by atoms with van der Waals surface area (Å²) in [5.41, 5.74) is 9.67. The van der Waals surface area contributed by atoms with Gasteiger partial charge in [-0.25, -0.2) is 9.07 Å². The second-order valence-corrected chi connectivity index (χ2v) is 4.94. The van der Waals surface area contributed by atoms with Crippen molar-refractivity contribution in [3.05, 3.63) is 53.3 Å². The zero-order valence-electron chi connectivity index (χ0n) is 11.3. The Morgan fingerprint density at radius 3 is 2.75 bits per heavy atom. The molecule has 2 aromatic carbocycles. The molecule has 0 bridgehead atoms. The van der Waals surface area contributed by atoms with Gasteiger partial charge in [-0.05, 0) is 49.2 Å². The van der Waals surface area contributed by atoms with Crippen LogP contribution in [0.4, 0.5) is 4.39 Å². The van der Waals surface area contributed by atoms with Crippen LogP contribution in [-0.4, -0.2) is 15.0 Å². The molecular weight excluding hydrogens is 255 g/mol. The maximum absolute atomic E-state index is 13.8. The molecule has 0 unspecified atom stereocenters. The van der Waals surface area contributed by atoms with Crippen LogP contribution in [0.2, 0.25) is 0 Å². The van der Waals surface area contributed by atoms with Crippen LogP contribution in [0.15, 0.2) is 36.4 Å². The molecule has 102 valence electrons. The van der Waals surface area contributed by atoms with Gasteiger partial charge in [0.05, 0.1) is 11.2 Å². The Morgan fingerprint density at radius 1 is 1.25 bits per heavy atom. The molecule has 3 aromatic rings. The van der Waals surface area contributed by atoms with Crippen LogP contribution in [0.3, 0.4) is 0 Å². The molecule has 0 aliphatic heterocycles. The first kappa shape index (κ1) is 12.7. The largest absolute Gasteiger partial charge is 0.324 e. The molecule has 20 heavy (non-hydrogen) atoms. The van der Waals surface area contributed by atoms with E-state index in [9.17, 15) is 4.39 Å². The van der Waals surface area contributed by atoms with E-state index >= 15 is 0 Å². The van der Waals surface area contributed by atoms with Gasteiger partial charge in [0.1, 0.15) is 11.3 Å². The molecule has 5 heteroatoms. The van der Waals surface area contributed by atoms with Gasteiger partial charge in [-0.2, -0.15) is 0 Å². The van der Waals surface area contributed by atoms with Crippen molar-refractivity contribution < 1.29 is 4.39 Å². The minimum atomic E-state index is -0.289. The number of halogens is 1. The number of rotatable bonds is 2. The fourth-order valence-corrected chi connectivity index (χ4v) is 2.28. The van der Waals surface area contributed by atoms with Crippen molar-refractivity contribution in [2.24, 2.45) is 5.73 Å². The molecule has 0 fully saturated rings. The summed E-state index contributed by atoms with van der Waals surface area (Å²) in [6, 6.07) is 10.6. The Hall–Kier alpha value is -2.27. The van der Waals surface area contributed by atoms with Crippen LogP contribution in [0.25, 0.3) is 16.7 Å². The van der Waals surface area contributed by atoms with Gasteiger partial charge in [0.2, 0.25) is 0 Å². The maximum atomic E-state index is 13.8. The zero-order valence-corrected chi connectivity index (χ0v) is 11.3. The highest BCUT2D eigenvalue weighted by Gasteiger charge is 2.15. The van der Waals surface area contributed by atoms with Gasteiger partial charge in [-0.15, -0.1) is 5.10 Å². The first-order chi connectivity index (χ1) is 9.58. The molecule has 0 spiro atoms. The lowest BCUT2D eigenvalue weighted by Crippen LogP contribution is -2.12. The van der Waals surface area contributed by atoms with Gasteiger partial charge in [-0.1, -0.05) is 17.3 Å². The summed E-state index contributed by atoms with van der Waals surface area (Å²) in [6.45, 7) is 3.55. The van der Waals surface area contributed by atoms with Crippen molar-refractivity contribution in [1.82, 2.24) is 15.0 Å². The number of aromatic nitrogens is 3. The summed E-state index contributed by atoms with van der Waals surface area (Å²) in [5.74, 6) is -0.259. The molecule has 1 aromatic heterocycles. The maximum Gasteiger partial charge on any atom is 0.126 e. The number of nitrogens with zero attached hydrogens (tertiary/aromatic N) is 3. The third-order valence-electron chi connectivity index (χ3n) is 3.38. The first-order valence-electron chi connectivity index (χ1n) is 6.44. The van der Waals surface area contributed by atoms with Gasteiger partial charge in [0, 0.05) is 6.04 Å². The lowest BCUT2D eigenvalue weighted by molar-refractivity contribution is 0.611. The van der Waals surface area contributed by atoms with E-state index in [1.165, 1.54) is 6.07 Å². The van der Waals surface area contributed by atoms with Crippen LogP contribution in [0.1, 0.15) is 24.1 Å². The number of nitrogens with two attached hydrogens (primary N) is 1. The molecule has 1 heterocycles. The number of para-hydroxylation sites is 1. The van der Waals surface area contributed by atoms with Crippen LogP contribution in [0.5, 0.6) is 0 Å². The van der Waals surface area contributed by atoms with E-state index < -0.39 is 0 Å². The van der Waals surface area contributed by atoms with Crippen LogP contribution in [0, 0.1) is 12.7 Å². The van der Waals surface area contributed by atoms with Crippen molar-refractivity contribution in [1.29, 1.82) is 0 Å². The molecular formula is C15H15FN4. The molecule has 0 aliphatic carbocycles. The summed E-state index contributed by atoms with van der Waals surface area (Å²) in [7, 11) is 0. The molecule has 0 saturated heterocycles. The monoisotopic (exact) mass is 270 g/mol. The van der Waals surface area contributed by atoms with Crippen molar-refractivity contribution in [2.45, 2.75) is 19.9 Å². The molecule has 2 N–H and O–H groups in total. The highest BCUT2D eigenvalue weighted by atomic mass is 19.1. The highest BCUT2D eigenvalue weighted by Crippen LogP contribution is 2.26. The molecule has 1 atom stereocenters. The van der Waals surface area contributed by atoms with Crippen molar-refractivity contribution in [3.63, 3.8) is 0 Å². The Morgan fingerprint density at radius 2 is 2.00 bits per heavy atom. The van der Waals surface area contributed by atoms with E-state index in [2.05, 4.69) is 10.3 Å². The SMILES string of the molecule is Cc1cc(-n2nnc3ccccc32)c([C@@H](C)N)cc1F. The van der Waals surface area contributed by atoms with Crippen molar-refractivity contribution in [2.75, 3.05) is 0 Å². The average molecular weight is 270 g/mol. The molecule has 0 aliphatic rings. The summed E-state index contributed by atoms with van der Waals surface area (Å²) in [5, 5.41) is 8.29. The van der Waals surface area contributed by atoms with Crippen LogP contribution < -0.4 is 5.73 Å². The van der Waals surface area contributed by atoms with E-state index in [4.69, 9.17) is 5.73 Å². The highest BCUT2D eigenvalue weighted by molar-refractivity contribution is 5.76. The second-order valence-electron chi connectivity index (χ2n) is 4.94. The third-order valence-corrected chi connectivity index (χ3v) is 3.38. The predicted molar refractivity (Wildman–Crippen MR) is 76.2 cm³/mol. The van der Waals surface area contributed by atoms with E-state index in [1.54, 1.807) is 17.7 Å². The Labute approximate surface area is 116 Å². The van der Waals surface area contributed by atoms with Crippen LogP contribution >= 0.6 is 0 Å². The smallest absolute Gasteiger partial charge is 0.126 e. The summed E-state index contributed by atoms with van der Waals surface area (Å²) in [4.78, 5) is 0. The van der Waals surface area contributed by atoms with E-state index in [-0.39, 0.29) is 11.9 Å². The molecule has 0 radical (unpaired) electrons. The van der Waals surface area contributed by atoms with E-state index in [0.717, 1.165) is 16.7 Å². The summed E-state index contributed by atoms with van der Waals surface area (Å²) in [6.07, 6.45) is 0. The topological polar surface area (TPSA) is 56.7 Å². The quantitative estimate of drug-likeness (QED) is 0.779. The fourth-order valence-electron chi connectivity index (χ4n) is 2.28. The van der Waals surface area contributed by atoms with Gasteiger partial charge in [0.15, 0.2) is 0 Å². The Bertz CT molecular complexity index is 777. The lowest BCUT2D eigenvalue weighted by atomic mass is 10.0. The molecule has 0 amide bonds. The van der Waals surface area contributed by atoms with Gasteiger partial charge < -0.3 is 5.73 Å². The molecule has 4 nitrogen and oxygen atoms in total. The van der Waals surface area contributed by atoms with E-state index in [0.29, 0.717) is 11.1 Å². The summed E-state index contributed by atoms with van der Waals surface area (Å²) < 4.78 is 15.5. The van der Waals surface area contributed by atoms with Gasteiger partial charge in [-0.3, -0.25) is 0 Å². The normalized spacial score (nSPS) is 12.8. The predicted octanol–water partition coefficient (Wildman–Crippen LogP) is 2.89. The first-order valence-corrected chi connectivity index (χ1v) is 6.44. The average Bonchev–Trinajstić information content (AvgIpc) is 2.85. The number of hydrogen-bond donors (Lipinski definition) is 1. The lowest BCUT2D eigenvalue weighted by Gasteiger charge is -2.14. The number of hydrogen-bond acceptors (Lipinski definition) is 3. The summed E-state index contributed by atoms with van der Waals surface area (Å²) >= 11 is 0. The van der Waals surface area contributed by atoms with Crippen LogP contribution in [-0.2, 0) is 0 Å².